The minimum Gasteiger partial charge on any atom is -0.341 e. The van der Waals surface area contributed by atoms with E-state index >= 15 is 0 Å². The van der Waals surface area contributed by atoms with Crippen LogP contribution in [0.2, 0.25) is 0 Å². The van der Waals surface area contributed by atoms with Crippen LogP contribution in [0, 0.1) is 0 Å². The molecule has 0 radical (unpaired) electrons. The van der Waals surface area contributed by atoms with E-state index in [1.54, 1.807) is 11.0 Å². The number of rotatable bonds is 4. The maximum Gasteiger partial charge on any atom is 0.247 e. The highest BCUT2D eigenvalue weighted by Gasteiger charge is 2.29. The summed E-state index contributed by atoms with van der Waals surface area (Å²) in [6.45, 7) is 3.36. The Hall–Kier alpha value is -2.96. The molecule has 0 unspecified atom stereocenters. The first-order valence-corrected chi connectivity index (χ1v) is 8.95. The van der Waals surface area contributed by atoms with Crippen LogP contribution in [0.1, 0.15) is 37.4 Å². The number of nitrogens with one attached hydrogen (secondary N) is 1. The molecule has 1 amide bonds. The van der Waals surface area contributed by atoms with E-state index in [4.69, 9.17) is 0 Å². The molecule has 26 heavy (non-hydrogen) atoms. The topological polar surface area (TPSA) is 79.7 Å². The van der Waals surface area contributed by atoms with Crippen molar-refractivity contribution in [2.24, 2.45) is 0 Å². The number of carbonyl (C=O) groups is 1. The van der Waals surface area contributed by atoms with E-state index in [2.05, 4.69) is 32.4 Å². The summed E-state index contributed by atoms with van der Waals surface area (Å²) in [6, 6.07) is 9.99. The molecule has 1 aliphatic rings. The molecule has 1 aliphatic heterocycles. The smallest absolute Gasteiger partial charge is 0.247 e. The van der Waals surface area contributed by atoms with Gasteiger partial charge in [-0.2, -0.15) is 10.2 Å². The third kappa shape index (κ3) is 3.12. The first-order valence-electron chi connectivity index (χ1n) is 8.95. The number of nitrogens with zero attached hydrogens (tertiary/aromatic N) is 5. The fourth-order valence-electron chi connectivity index (χ4n) is 3.64. The van der Waals surface area contributed by atoms with E-state index in [1.807, 2.05) is 36.2 Å². The Bertz CT molecular complexity index is 849. The van der Waals surface area contributed by atoms with E-state index in [0.29, 0.717) is 5.92 Å². The summed E-state index contributed by atoms with van der Waals surface area (Å²) >= 11 is 0. The first kappa shape index (κ1) is 16.5. The van der Waals surface area contributed by atoms with Crippen molar-refractivity contribution in [3.8, 4) is 11.1 Å². The monoisotopic (exact) mass is 350 g/mol. The Labute approximate surface area is 152 Å². The molecule has 0 spiro atoms. The number of likely N-dealkylation sites (tertiary alicyclic amines) is 1. The molecule has 134 valence electrons. The molecule has 1 fully saturated rings. The number of aromatic amines is 1. The SMILES string of the molecule is C[C@@H](C(=O)N1CCC(c2[nH]ncc2-c2ccccc2)CC1)n1cncn1. The van der Waals surface area contributed by atoms with Gasteiger partial charge >= 0.3 is 0 Å². The third-order valence-corrected chi connectivity index (χ3v) is 5.16. The molecular weight excluding hydrogens is 328 g/mol. The minimum atomic E-state index is -0.318. The Balaban J connectivity index is 1.43. The van der Waals surface area contributed by atoms with Crippen molar-refractivity contribution in [1.29, 1.82) is 0 Å². The lowest BCUT2D eigenvalue weighted by Gasteiger charge is -2.33. The fourth-order valence-corrected chi connectivity index (χ4v) is 3.64. The third-order valence-electron chi connectivity index (χ3n) is 5.16. The predicted octanol–water partition coefficient (Wildman–Crippen LogP) is 2.64. The van der Waals surface area contributed by atoms with Crippen LogP contribution in [0.4, 0.5) is 0 Å². The Morgan fingerprint density at radius 2 is 2.00 bits per heavy atom. The summed E-state index contributed by atoms with van der Waals surface area (Å²) in [5, 5.41) is 11.5. The van der Waals surface area contributed by atoms with E-state index < -0.39 is 0 Å². The number of H-pyrrole nitrogens is 1. The second-order valence-electron chi connectivity index (χ2n) is 6.71. The largest absolute Gasteiger partial charge is 0.341 e. The maximum absolute atomic E-state index is 12.7. The lowest BCUT2D eigenvalue weighted by molar-refractivity contribution is -0.135. The second kappa shape index (κ2) is 7.11. The highest BCUT2D eigenvalue weighted by Crippen LogP contribution is 2.34. The van der Waals surface area contributed by atoms with Gasteiger partial charge in [0, 0.05) is 30.3 Å². The number of carbonyl (C=O) groups excluding carboxylic acids is 1. The van der Waals surface area contributed by atoms with Crippen molar-refractivity contribution < 1.29 is 4.79 Å². The predicted molar refractivity (Wildman–Crippen MR) is 97.3 cm³/mol. The van der Waals surface area contributed by atoms with Gasteiger partial charge in [0.15, 0.2) is 0 Å². The number of benzene rings is 1. The maximum atomic E-state index is 12.7. The summed E-state index contributed by atoms with van der Waals surface area (Å²) < 4.78 is 1.61. The van der Waals surface area contributed by atoms with E-state index in [9.17, 15) is 4.79 Å². The van der Waals surface area contributed by atoms with Gasteiger partial charge in [0.25, 0.3) is 0 Å². The average molecular weight is 350 g/mol. The van der Waals surface area contributed by atoms with Crippen molar-refractivity contribution in [3.05, 3.63) is 54.9 Å². The highest BCUT2D eigenvalue weighted by atomic mass is 16.2. The van der Waals surface area contributed by atoms with Crippen molar-refractivity contribution in [2.45, 2.75) is 31.7 Å². The molecule has 1 saturated heterocycles. The quantitative estimate of drug-likeness (QED) is 0.784. The van der Waals surface area contributed by atoms with Gasteiger partial charge < -0.3 is 4.90 Å². The lowest BCUT2D eigenvalue weighted by Crippen LogP contribution is -2.41. The van der Waals surface area contributed by atoms with Gasteiger partial charge in [0.1, 0.15) is 18.7 Å². The van der Waals surface area contributed by atoms with Gasteiger partial charge in [-0.25, -0.2) is 9.67 Å². The molecule has 0 aliphatic carbocycles. The van der Waals surface area contributed by atoms with E-state index in [-0.39, 0.29) is 11.9 Å². The van der Waals surface area contributed by atoms with Crippen LogP contribution >= 0.6 is 0 Å². The number of amides is 1. The minimum absolute atomic E-state index is 0.0989. The van der Waals surface area contributed by atoms with Crippen molar-refractivity contribution in [2.75, 3.05) is 13.1 Å². The van der Waals surface area contributed by atoms with Gasteiger partial charge in [0.05, 0.1) is 6.20 Å². The van der Waals surface area contributed by atoms with Crippen LogP contribution in [0.25, 0.3) is 11.1 Å². The molecule has 0 bridgehead atoms. The lowest BCUT2D eigenvalue weighted by atomic mass is 9.89. The Kier molecular flexibility index (Phi) is 4.51. The molecular formula is C19H22N6O. The fraction of sp³-hybridized carbons (Fsp3) is 0.368. The number of hydrogen-bond acceptors (Lipinski definition) is 4. The molecule has 7 nitrogen and oxygen atoms in total. The van der Waals surface area contributed by atoms with Crippen LogP contribution in [0.5, 0.6) is 0 Å². The van der Waals surface area contributed by atoms with Crippen molar-refractivity contribution in [3.63, 3.8) is 0 Å². The Morgan fingerprint density at radius 3 is 2.69 bits per heavy atom. The summed E-state index contributed by atoms with van der Waals surface area (Å²) in [6.07, 6.45) is 6.80. The van der Waals surface area contributed by atoms with E-state index in [1.165, 1.54) is 17.6 Å². The van der Waals surface area contributed by atoms with Crippen LogP contribution in [-0.4, -0.2) is 48.9 Å². The summed E-state index contributed by atoms with van der Waals surface area (Å²) in [7, 11) is 0. The van der Waals surface area contributed by atoms with Gasteiger partial charge in [-0.3, -0.25) is 9.89 Å². The number of piperidine rings is 1. The van der Waals surface area contributed by atoms with E-state index in [0.717, 1.165) is 31.5 Å². The first-order chi connectivity index (χ1) is 12.7. The molecule has 2 aromatic heterocycles. The van der Waals surface area contributed by atoms with Crippen LogP contribution in [0.15, 0.2) is 49.2 Å². The molecule has 3 aromatic rings. The van der Waals surface area contributed by atoms with Gasteiger partial charge in [-0.05, 0) is 25.3 Å². The molecule has 1 N–H and O–H groups in total. The van der Waals surface area contributed by atoms with Crippen LogP contribution in [-0.2, 0) is 4.79 Å². The average Bonchev–Trinajstić information content (AvgIpc) is 3.39. The summed E-state index contributed by atoms with van der Waals surface area (Å²) in [5.41, 5.74) is 3.51. The summed E-state index contributed by atoms with van der Waals surface area (Å²) in [4.78, 5) is 18.6. The van der Waals surface area contributed by atoms with Gasteiger partial charge in [-0.15, -0.1) is 0 Å². The highest BCUT2D eigenvalue weighted by molar-refractivity contribution is 5.80. The van der Waals surface area contributed by atoms with Gasteiger partial charge in [0.2, 0.25) is 5.91 Å². The van der Waals surface area contributed by atoms with Crippen LogP contribution < -0.4 is 0 Å². The van der Waals surface area contributed by atoms with Gasteiger partial charge in [-0.1, -0.05) is 30.3 Å². The number of hydrogen-bond donors (Lipinski definition) is 1. The molecule has 7 heteroatoms. The normalized spacial score (nSPS) is 16.6. The number of aromatic nitrogens is 5. The summed E-state index contributed by atoms with van der Waals surface area (Å²) in [5.74, 6) is 0.486. The second-order valence-corrected chi connectivity index (χ2v) is 6.71. The molecule has 3 heterocycles. The molecule has 0 saturated carbocycles. The molecule has 4 rings (SSSR count). The van der Waals surface area contributed by atoms with Crippen LogP contribution in [0.3, 0.4) is 0 Å². The standard InChI is InChI=1S/C19H22N6O/c1-14(25-13-20-12-22-25)19(26)24-9-7-16(8-10-24)18-17(11-21-23-18)15-5-3-2-4-6-15/h2-6,11-14,16H,7-10H2,1H3,(H,21,23)/t14-/m0/s1. The van der Waals surface area contributed by atoms with Crippen molar-refractivity contribution >= 4 is 5.91 Å². The Morgan fingerprint density at radius 1 is 1.23 bits per heavy atom. The zero-order chi connectivity index (χ0) is 17.9. The zero-order valence-electron chi connectivity index (χ0n) is 14.7. The van der Waals surface area contributed by atoms with Crippen molar-refractivity contribution in [1.82, 2.24) is 29.9 Å². The molecule has 1 atom stereocenters. The zero-order valence-corrected chi connectivity index (χ0v) is 14.7. The molecule has 1 aromatic carbocycles.